The van der Waals surface area contributed by atoms with E-state index in [0.717, 1.165) is 22.2 Å². The van der Waals surface area contributed by atoms with Gasteiger partial charge < -0.3 is 0 Å². The molecule has 0 saturated heterocycles. The van der Waals surface area contributed by atoms with Crippen LogP contribution in [-0.2, 0) is 0 Å². The molecule has 0 aromatic heterocycles. The fourth-order valence-electron chi connectivity index (χ4n) is 1.91. The molecule has 20 heavy (non-hydrogen) atoms. The molecule has 0 N–H and O–H groups in total. The molecule has 1 nitrogen and oxygen atoms in total. The quantitative estimate of drug-likeness (QED) is 0.388. The molecule has 0 amide bonds. The van der Waals surface area contributed by atoms with Gasteiger partial charge in [0.1, 0.15) is 0 Å². The second-order valence-electron chi connectivity index (χ2n) is 4.65. The molecule has 2 aromatic rings. The van der Waals surface area contributed by atoms with Gasteiger partial charge in [0.15, 0.2) is 5.78 Å². The van der Waals surface area contributed by atoms with E-state index in [1.807, 2.05) is 36.0 Å². The Morgan fingerprint density at radius 3 is 2.50 bits per heavy atom. The summed E-state index contributed by atoms with van der Waals surface area (Å²) in [6.45, 7) is 2.12. The third-order valence-corrected chi connectivity index (χ3v) is 4.86. The maximum Gasteiger partial charge on any atom is 0.162 e. The van der Waals surface area contributed by atoms with Crippen LogP contribution >= 0.6 is 27.7 Å². The highest BCUT2D eigenvalue weighted by Gasteiger charge is 2.05. The molecular weight excluding hydrogens is 332 g/mol. The number of thioether (sulfide) groups is 1. The molecule has 0 aliphatic heterocycles. The zero-order valence-corrected chi connectivity index (χ0v) is 13.8. The van der Waals surface area contributed by atoms with Crippen LogP contribution in [0.1, 0.15) is 28.8 Å². The number of hydrogen-bond acceptors (Lipinski definition) is 2. The Bertz CT molecular complexity index is 578. The number of carbonyl (C=O) groups is 1. The van der Waals surface area contributed by atoms with Gasteiger partial charge in [0, 0.05) is 21.4 Å². The molecule has 0 bridgehead atoms. The van der Waals surface area contributed by atoms with E-state index in [1.165, 1.54) is 10.5 Å². The molecule has 0 heterocycles. The predicted molar refractivity (Wildman–Crippen MR) is 89.6 cm³/mol. The van der Waals surface area contributed by atoms with Crippen molar-refractivity contribution in [1.82, 2.24) is 0 Å². The molecule has 104 valence electrons. The topological polar surface area (TPSA) is 17.1 Å². The minimum atomic E-state index is 0.225. The summed E-state index contributed by atoms with van der Waals surface area (Å²) >= 11 is 5.20. The van der Waals surface area contributed by atoms with Crippen LogP contribution in [0, 0.1) is 6.92 Å². The molecule has 0 atom stereocenters. The van der Waals surface area contributed by atoms with Crippen LogP contribution in [0.25, 0.3) is 0 Å². The monoisotopic (exact) mass is 348 g/mol. The average Bonchev–Trinajstić information content (AvgIpc) is 2.46. The third-order valence-electron chi connectivity index (χ3n) is 3.07. The van der Waals surface area contributed by atoms with Crippen molar-refractivity contribution in [3.63, 3.8) is 0 Å². The zero-order chi connectivity index (χ0) is 14.4. The van der Waals surface area contributed by atoms with Crippen LogP contribution in [0.5, 0.6) is 0 Å². The summed E-state index contributed by atoms with van der Waals surface area (Å²) in [5, 5.41) is 0. The number of carbonyl (C=O) groups excluding carboxylic acids is 1. The van der Waals surface area contributed by atoms with E-state index in [1.54, 1.807) is 0 Å². The molecular formula is C17H17BrOS. The lowest BCUT2D eigenvalue weighted by Crippen LogP contribution is -1.99. The number of rotatable bonds is 6. The summed E-state index contributed by atoms with van der Waals surface area (Å²) in [7, 11) is 0. The smallest absolute Gasteiger partial charge is 0.162 e. The molecule has 0 fully saturated rings. The lowest BCUT2D eigenvalue weighted by atomic mass is 10.1. The van der Waals surface area contributed by atoms with Gasteiger partial charge in [-0.1, -0.05) is 46.3 Å². The Hall–Kier alpha value is -1.06. The van der Waals surface area contributed by atoms with Gasteiger partial charge >= 0.3 is 0 Å². The summed E-state index contributed by atoms with van der Waals surface area (Å²) < 4.78 is 1.00. The summed E-state index contributed by atoms with van der Waals surface area (Å²) in [5.41, 5.74) is 2.10. The van der Waals surface area contributed by atoms with Crippen LogP contribution in [0.4, 0.5) is 0 Å². The van der Waals surface area contributed by atoms with E-state index in [-0.39, 0.29) is 5.78 Å². The first-order chi connectivity index (χ1) is 9.66. The molecule has 0 aliphatic rings. The number of Topliss-reactive ketones (excluding diaryl/α,β-unsaturated/α-hetero) is 1. The Kier molecular flexibility index (Phi) is 5.86. The zero-order valence-electron chi connectivity index (χ0n) is 11.4. The van der Waals surface area contributed by atoms with Crippen LogP contribution in [0.3, 0.4) is 0 Å². The second-order valence-corrected chi connectivity index (χ2v) is 6.70. The minimum Gasteiger partial charge on any atom is -0.294 e. The molecule has 0 aliphatic carbocycles. The van der Waals surface area contributed by atoms with Gasteiger partial charge in [-0.25, -0.2) is 0 Å². The van der Waals surface area contributed by atoms with E-state index in [2.05, 4.69) is 47.1 Å². The number of hydrogen-bond donors (Lipinski definition) is 0. The highest BCUT2D eigenvalue weighted by atomic mass is 79.9. The normalized spacial score (nSPS) is 10.5. The third kappa shape index (κ3) is 4.50. The maximum atomic E-state index is 12.0. The van der Waals surface area contributed by atoms with Crippen molar-refractivity contribution in [3.8, 4) is 0 Å². The first-order valence-electron chi connectivity index (χ1n) is 6.64. The van der Waals surface area contributed by atoms with Gasteiger partial charge in [-0.3, -0.25) is 4.79 Å². The van der Waals surface area contributed by atoms with Crippen LogP contribution in [0.2, 0.25) is 0 Å². The Balaban J connectivity index is 1.77. The van der Waals surface area contributed by atoms with Crippen molar-refractivity contribution in [2.24, 2.45) is 0 Å². The first kappa shape index (κ1) is 15.3. The van der Waals surface area contributed by atoms with Crippen molar-refractivity contribution in [1.29, 1.82) is 0 Å². The number of benzene rings is 2. The molecule has 2 aromatic carbocycles. The molecule has 2 rings (SSSR count). The minimum absolute atomic E-state index is 0.225. The van der Waals surface area contributed by atoms with Crippen molar-refractivity contribution < 1.29 is 4.79 Å². The van der Waals surface area contributed by atoms with E-state index in [9.17, 15) is 4.79 Å². The van der Waals surface area contributed by atoms with Crippen molar-refractivity contribution in [3.05, 3.63) is 64.1 Å². The highest BCUT2D eigenvalue weighted by Crippen LogP contribution is 2.23. The highest BCUT2D eigenvalue weighted by molar-refractivity contribution is 9.10. The first-order valence-corrected chi connectivity index (χ1v) is 8.42. The van der Waals surface area contributed by atoms with Gasteiger partial charge in [-0.05, 0) is 42.9 Å². The molecule has 0 radical (unpaired) electrons. The lowest BCUT2D eigenvalue weighted by Gasteiger charge is -2.05. The van der Waals surface area contributed by atoms with E-state index >= 15 is 0 Å². The van der Waals surface area contributed by atoms with Crippen molar-refractivity contribution in [2.45, 2.75) is 24.7 Å². The Labute approximate surface area is 132 Å². The molecule has 0 spiro atoms. The largest absolute Gasteiger partial charge is 0.294 e. The second kappa shape index (κ2) is 7.65. The summed E-state index contributed by atoms with van der Waals surface area (Å²) in [6.07, 6.45) is 1.52. The van der Waals surface area contributed by atoms with E-state index in [4.69, 9.17) is 0 Å². The average molecular weight is 349 g/mol. The van der Waals surface area contributed by atoms with Crippen LogP contribution < -0.4 is 0 Å². The predicted octanol–water partition coefficient (Wildman–Crippen LogP) is 5.51. The number of ketones is 1. The molecule has 0 unspecified atom stereocenters. The van der Waals surface area contributed by atoms with Gasteiger partial charge in [0.05, 0.1) is 0 Å². The number of halogens is 1. The Morgan fingerprint density at radius 1 is 1.10 bits per heavy atom. The summed E-state index contributed by atoms with van der Waals surface area (Å²) in [6, 6.07) is 15.9. The standard InChI is InChI=1S/C17H17BrOS/c1-13-5-2-3-7-17(13)20-12-4-6-16(19)14-8-10-15(18)11-9-14/h2-3,5,7-11H,4,6,12H2,1H3. The lowest BCUT2D eigenvalue weighted by molar-refractivity contribution is 0.0982. The van der Waals surface area contributed by atoms with Crippen LogP contribution in [0.15, 0.2) is 57.9 Å². The summed E-state index contributed by atoms with van der Waals surface area (Å²) in [5.74, 6) is 1.20. The fraction of sp³-hybridized carbons (Fsp3) is 0.235. The van der Waals surface area contributed by atoms with Crippen molar-refractivity contribution >= 4 is 33.5 Å². The SMILES string of the molecule is Cc1ccccc1SCCCC(=O)c1ccc(Br)cc1. The number of aryl methyl sites for hydroxylation is 1. The van der Waals surface area contributed by atoms with Gasteiger partial charge in [0.2, 0.25) is 0 Å². The van der Waals surface area contributed by atoms with E-state index < -0.39 is 0 Å². The van der Waals surface area contributed by atoms with Crippen molar-refractivity contribution in [2.75, 3.05) is 5.75 Å². The summed E-state index contributed by atoms with van der Waals surface area (Å²) in [4.78, 5) is 13.3. The fourth-order valence-corrected chi connectivity index (χ4v) is 3.16. The molecule has 0 saturated carbocycles. The van der Waals surface area contributed by atoms with Gasteiger partial charge in [-0.2, -0.15) is 0 Å². The van der Waals surface area contributed by atoms with Gasteiger partial charge in [-0.15, -0.1) is 11.8 Å². The Morgan fingerprint density at radius 2 is 1.80 bits per heavy atom. The van der Waals surface area contributed by atoms with Gasteiger partial charge in [0.25, 0.3) is 0 Å². The van der Waals surface area contributed by atoms with E-state index in [0.29, 0.717) is 6.42 Å². The maximum absolute atomic E-state index is 12.0. The van der Waals surface area contributed by atoms with Crippen LogP contribution in [-0.4, -0.2) is 11.5 Å². The molecule has 3 heteroatoms.